The van der Waals surface area contributed by atoms with Gasteiger partial charge in [0.05, 0.1) is 12.1 Å². The van der Waals surface area contributed by atoms with Gasteiger partial charge >= 0.3 is 5.97 Å². The second-order valence-electron chi connectivity index (χ2n) is 3.90. The van der Waals surface area contributed by atoms with E-state index in [0.717, 1.165) is 25.2 Å². The van der Waals surface area contributed by atoms with Crippen molar-refractivity contribution in [2.45, 2.75) is 38.6 Å². The molecule has 2 rings (SSSR count). The molecule has 4 nitrogen and oxygen atoms in total. The molecule has 2 heterocycles. The quantitative estimate of drug-likeness (QED) is 0.774. The van der Waals surface area contributed by atoms with E-state index in [1.807, 2.05) is 6.20 Å². The topological polar surface area (TPSA) is 55.1 Å². The van der Waals surface area contributed by atoms with Crippen LogP contribution in [0.3, 0.4) is 0 Å². The molecule has 0 amide bonds. The molecule has 0 bridgehead atoms. The summed E-state index contributed by atoms with van der Waals surface area (Å²) >= 11 is 0. The highest BCUT2D eigenvalue weighted by Gasteiger charge is 2.19. The Morgan fingerprint density at radius 2 is 2.57 bits per heavy atom. The summed E-state index contributed by atoms with van der Waals surface area (Å²) < 4.78 is 2.09. The molecule has 4 heteroatoms. The van der Waals surface area contributed by atoms with Crippen LogP contribution in [0.5, 0.6) is 0 Å². The van der Waals surface area contributed by atoms with Crippen LogP contribution in [0.25, 0.3) is 0 Å². The first-order valence-electron chi connectivity index (χ1n) is 4.94. The van der Waals surface area contributed by atoms with Crippen molar-refractivity contribution in [1.29, 1.82) is 0 Å². The summed E-state index contributed by atoms with van der Waals surface area (Å²) in [5.41, 5.74) is 0.682. The second-order valence-corrected chi connectivity index (χ2v) is 3.90. The number of hydrogen-bond acceptors (Lipinski definition) is 2. The Morgan fingerprint density at radius 1 is 1.79 bits per heavy atom. The summed E-state index contributed by atoms with van der Waals surface area (Å²) in [6.07, 6.45) is 4.23. The van der Waals surface area contributed by atoms with E-state index in [1.165, 1.54) is 0 Å². The molecule has 0 radical (unpaired) electrons. The number of rotatable bonds is 2. The third-order valence-electron chi connectivity index (χ3n) is 2.67. The van der Waals surface area contributed by atoms with E-state index in [-0.39, 0.29) is 6.42 Å². The predicted octanol–water partition coefficient (Wildman–Crippen LogP) is 1.41. The fourth-order valence-corrected chi connectivity index (χ4v) is 2.00. The zero-order valence-electron chi connectivity index (χ0n) is 8.23. The smallest absolute Gasteiger partial charge is 0.309 e. The van der Waals surface area contributed by atoms with E-state index in [4.69, 9.17) is 5.11 Å². The number of carboxylic acids is 1. The monoisotopic (exact) mass is 194 g/mol. The normalized spacial score (nSPS) is 20.5. The maximum absolute atomic E-state index is 10.5. The molecule has 0 aliphatic carbocycles. The lowest BCUT2D eigenvalue weighted by Gasteiger charge is -2.19. The number of fused-ring (bicyclic) bond motifs is 1. The van der Waals surface area contributed by atoms with Gasteiger partial charge < -0.3 is 9.67 Å². The van der Waals surface area contributed by atoms with Gasteiger partial charge in [-0.25, -0.2) is 4.98 Å². The van der Waals surface area contributed by atoms with Crippen LogP contribution in [0.1, 0.15) is 37.2 Å². The number of nitrogens with zero attached hydrogens (tertiary/aromatic N) is 2. The van der Waals surface area contributed by atoms with Gasteiger partial charge in [-0.15, -0.1) is 0 Å². The van der Waals surface area contributed by atoms with E-state index in [1.54, 1.807) is 0 Å². The zero-order chi connectivity index (χ0) is 10.1. The van der Waals surface area contributed by atoms with Gasteiger partial charge in [0.15, 0.2) is 0 Å². The third kappa shape index (κ3) is 1.64. The molecule has 1 N–H and O–H groups in total. The Bertz CT molecular complexity index is 357. The average molecular weight is 194 g/mol. The zero-order valence-corrected chi connectivity index (χ0v) is 8.23. The standard InChI is InChI=1S/C10H14N2O2/c1-7-3-2-4-12-6-8(5-9(13)14)11-10(7)12/h6-7H,2-5H2,1H3,(H,13,14). The Morgan fingerprint density at radius 3 is 3.21 bits per heavy atom. The fourth-order valence-electron chi connectivity index (χ4n) is 2.00. The Hall–Kier alpha value is -1.32. The first kappa shape index (κ1) is 9.24. The minimum Gasteiger partial charge on any atom is -0.481 e. The third-order valence-corrected chi connectivity index (χ3v) is 2.67. The van der Waals surface area contributed by atoms with Crippen molar-refractivity contribution in [3.8, 4) is 0 Å². The Kier molecular flexibility index (Phi) is 2.27. The molecule has 1 aromatic heterocycles. The minimum atomic E-state index is -0.812. The van der Waals surface area contributed by atoms with Crippen LogP contribution in [-0.2, 0) is 17.8 Å². The van der Waals surface area contributed by atoms with Crippen molar-refractivity contribution in [3.63, 3.8) is 0 Å². The van der Waals surface area contributed by atoms with Crippen LogP contribution in [0.15, 0.2) is 6.20 Å². The number of carboxylic acid groups (broad SMARTS) is 1. The van der Waals surface area contributed by atoms with Crippen LogP contribution in [0, 0.1) is 0 Å². The molecule has 0 spiro atoms. The van der Waals surface area contributed by atoms with Gasteiger partial charge in [-0.2, -0.15) is 0 Å². The van der Waals surface area contributed by atoms with Crippen molar-refractivity contribution in [1.82, 2.24) is 9.55 Å². The summed E-state index contributed by atoms with van der Waals surface area (Å²) in [5.74, 6) is 0.701. The molecule has 0 saturated heterocycles. The van der Waals surface area contributed by atoms with Crippen LogP contribution in [0.2, 0.25) is 0 Å². The summed E-state index contributed by atoms with van der Waals surface area (Å²) in [5, 5.41) is 8.64. The number of hydrogen-bond donors (Lipinski definition) is 1. The molecule has 1 aromatic rings. The maximum Gasteiger partial charge on any atom is 0.309 e. The van der Waals surface area contributed by atoms with Crippen LogP contribution in [0.4, 0.5) is 0 Å². The molecular formula is C10H14N2O2. The molecule has 1 unspecified atom stereocenters. The lowest BCUT2D eigenvalue weighted by atomic mass is 10.0. The van der Waals surface area contributed by atoms with E-state index in [0.29, 0.717) is 11.6 Å². The Labute approximate surface area is 82.6 Å². The first-order chi connectivity index (χ1) is 6.66. The van der Waals surface area contributed by atoms with Gasteiger partial charge in [-0.1, -0.05) is 6.92 Å². The molecule has 76 valence electrons. The van der Waals surface area contributed by atoms with Crippen LogP contribution >= 0.6 is 0 Å². The maximum atomic E-state index is 10.5. The first-order valence-corrected chi connectivity index (χ1v) is 4.94. The summed E-state index contributed by atoms with van der Waals surface area (Å²) in [6, 6.07) is 0. The van der Waals surface area contributed by atoms with Crippen molar-refractivity contribution in [3.05, 3.63) is 17.7 Å². The number of imidazole rings is 1. The Balaban J connectivity index is 2.26. The van der Waals surface area contributed by atoms with E-state index in [2.05, 4.69) is 16.5 Å². The van der Waals surface area contributed by atoms with Gasteiger partial charge in [-0.3, -0.25) is 4.79 Å². The molecule has 0 saturated carbocycles. The van der Waals surface area contributed by atoms with Gasteiger partial charge in [0.2, 0.25) is 0 Å². The number of carbonyl (C=O) groups is 1. The number of aryl methyl sites for hydroxylation is 1. The van der Waals surface area contributed by atoms with Crippen molar-refractivity contribution in [2.24, 2.45) is 0 Å². The lowest BCUT2D eigenvalue weighted by molar-refractivity contribution is -0.136. The van der Waals surface area contributed by atoms with Crippen molar-refractivity contribution < 1.29 is 9.90 Å². The van der Waals surface area contributed by atoms with Crippen LogP contribution in [-0.4, -0.2) is 20.6 Å². The lowest BCUT2D eigenvalue weighted by Crippen LogP contribution is -2.12. The molecule has 1 atom stereocenters. The van der Waals surface area contributed by atoms with Gasteiger partial charge in [0.25, 0.3) is 0 Å². The molecule has 0 aromatic carbocycles. The minimum absolute atomic E-state index is 0.0344. The van der Waals surface area contributed by atoms with Gasteiger partial charge in [0, 0.05) is 18.7 Å². The molecule has 0 fully saturated rings. The average Bonchev–Trinajstić information content (AvgIpc) is 2.47. The highest BCUT2D eigenvalue weighted by atomic mass is 16.4. The van der Waals surface area contributed by atoms with E-state index < -0.39 is 5.97 Å². The van der Waals surface area contributed by atoms with Crippen molar-refractivity contribution in [2.75, 3.05) is 0 Å². The van der Waals surface area contributed by atoms with Gasteiger partial charge in [-0.05, 0) is 12.8 Å². The largest absolute Gasteiger partial charge is 0.481 e. The molecule has 1 aliphatic rings. The van der Waals surface area contributed by atoms with E-state index in [9.17, 15) is 4.79 Å². The predicted molar refractivity (Wildman–Crippen MR) is 51.2 cm³/mol. The SMILES string of the molecule is CC1CCCn2cc(CC(=O)O)nc21. The van der Waals surface area contributed by atoms with Crippen LogP contribution < -0.4 is 0 Å². The van der Waals surface area contributed by atoms with Gasteiger partial charge in [0.1, 0.15) is 5.82 Å². The molecule has 14 heavy (non-hydrogen) atoms. The number of aromatic nitrogens is 2. The van der Waals surface area contributed by atoms with E-state index >= 15 is 0 Å². The summed E-state index contributed by atoms with van der Waals surface area (Å²) in [7, 11) is 0. The summed E-state index contributed by atoms with van der Waals surface area (Å²) in [6.45, 7) is 3.12. The highest BCUT2D eigenvalue weighted by Crippen LogP contribution is 2.25. The second kappa shape index (κ2) is 3.44. The highest BCUT2D eigenvalue weighted by molar-refractivity contribution is 5.69. The fraction of sp³-hybridized carbons (Fsp3) is 0.600. The molecule has 1 aliphatic heterocycles. The summed E-state index contributed by atoms with van der Waals surface area (Å²) in [4.78, 5) is 14.9. The number of aliphatic carboxylic acids is 1. The van der Waals surface area contributed by atoms with Crippen molar-refractivity contribution >= 4 is 5.97 Å². The molecular weight excluding hydrogens is 180 g/mol.